The Bertz CT molecular complexity index is 5850. The monoisotopic (exact) mass is 2220 g/mol. The van der Waals surface area contributed by atoms with Crippen LogP contribution in [0.4, 0.5) is 0 Å². The lowest BCUT2D eigenvalue weighted by molar-refractivity contribution is 0.0341. The lowest BCUT2D eigenvalue weighted by Gasteiger charge is -2.35. The van der Waals surface area contributed by atoms with Crippen molar-refractivity contribution in [2.24, 2.45) is 17.8 Å². The first-order valence-electron chi connectivity index (χ1n) is 50.3. The van der Waals surface area contributed by atoms with Crippen LogP contribution in [0.25, 0.3) is 0 Å². The van der Waals surface area contributed by atoms with Crippen molar-refractivity contribution in [3.8, 4) is 0 Å². The van der Waals surface area contributed by atoms with Gasteiger partial charge in [0.25, 0.3) is 0 Å². The standard InChI is InChI=1S/C13H20.C11H24N2O3S.C11H17NO2S.C11H16O2S.C11H16.C10H15NO2S.C10H14O2S.C10H14.C8H19NO2S.C6H13NO2S.C5H13NO2S.C5H12O2S/c1-10(2)11-6-8-12(9-7-11)13(3,4)5;1-11(2,3)13(17(4,14)15)6-5-12-7-9-16-10-8-12;1-10(2)12(3)15(13,14)9-11-7-5-4-6-8-11;1-10(2)8-14(12,13)9-11-6-4-3-5-7-11;1-9-5-7-10(8-6-9)11(2,3)4;1-9(2)11(3)14(12,13)10-7-5-4-6-8-10;1-9(2)8-13(11,12)10-6-4-3-5-7-10;1-10(2,3)9-7-5-4-6-8-9;1-6-7-9(8(2,3)4)12(5,10)11;1-6(2)7-4-3-5-10(7,8)9;1-5(2)6(3)9(4,7)8;1-5(2)4-8(3,6)7/h6-10H,1-5H3;5-10H2,1-4H3;4-8,10H,9H2,1-3H3;3-7,10H,8-9H2,1-2H3;5-8H,1-4H3;4-9H,1-3H3;3-7,9H,8H2,1-2H3;4-8H,1-3H3;6-7H2,1-5H3;6H,3-5H2,1-2H3;5H,1-4H3;5H,4H2,1-3H3. The largest absolute Gasteiger partial charge is 0.379 e. The van der Waals surface area contributed by atoms with Crippen LogP contribution in [0.5, 0.6) is 0 Å². The van der Waals surface area contributed by atoms with Gasteiger partial charge in [0.1, 0.15) is 9.84 Å². The molecule has 2 fully saturated rings. The Morgan fingerprint density at radius 3 is 0.979 bits per heavy atom. The van der Waals surface area contributed by atoms with E-state index in [1.807, 2.05) is 212 Å². The van der Waals surface area contributed by atoms with Crippen LogP contribution in [0, 0.1) is 24.7 Å². The van der Waals surface area contributed by atoms with E-state index in [2.05, 4.69) is 167 Å². The average molecular weight is 2220 g/mol. The Hall–Kier alpha value is -6.23. The molecule has 7 aromatic rings. The predicted octanol–water partition coefficient (Wildman–Crippen LogP) is 21.6. The van der Waals surface area contributed by atoms with Gasteiger partial charge in [-0.3, -0.25) is 4.90 Å². The number of sulfone groups is 3. The third-order valence-electron chi connectivity index (χ3n) is 22.0. The molecular weight excluding hydrogens is 2020 g/mol. The lowest BCUT2D eigenvalue weighted by Crippen LogP contribution is -2.49. The molecule has 2 saturated heterocycles. The maximum absolute atomic E-state index is 11.9. The number of hydrogen-bond acceptors (Lipinski definition) is 20. The van der Waals surface area contributed by atoms with E-state index < -0.39 is 89.7 Å². The summed E-state index contributed by atoms with van der Waals surface area (Å²) in [5.41, 5.74) is 8.85. The van der Waals surface area contributed by atoms with Crippen LogP contribution < -0.4 is 0 Å². The van der Waals surface area contributed by atoms with E-state index in [9.17, 15) is 75.8 Å². The highest BCUT2D eigenvalue weighted by molar-refractivity contribution is 7.92. The van der Waals surface area contributed by atoms with Gasteiger partial charge in [0.05, 0.1) is 76.3 Å². The molecule has 146 heavy (non-hydrogen) atoms. The zero-order chi connectivity index (χ0) is 114. The van der Waals surface area contributed by atoms with Gasteiger partial charge < -0.3 is 4.74 Å². The summed E-state index contributed by atoms with van der Waals surface area (Å²) < 4.78 is 219. The van der Waals surface area contributed by atoms with Gasteiger partial charge in [-0.2, -0.15) is 17.2 Å². The molecule has 0 bridgehead atoms. The van der Waals surface area contributed by atoms with E-state index in [4.69, 9.17) is 4.74 Å². The van der Waals surface area contributed by atoms with E-state index in [1.54, 1.807) is 84.4 Å². The Morgan fingerprint density at radius 2 is 0.712 bits per heavy atom. The molecule has 7 aromatic carbocycles. The van der Waals surface area contributed by atoms with Crippen LogP contribution in [0.15, 0.2) is 210 Å². The van der Waals surface area contributed by atoms with Crippen molar-refractivity contribution in [1.82, 2.24) is 30.7 Å². The molecule has 35 heteroatoms. The molecule has 0 unspecified atom stereocenters. The summed E-state index contributed by atoms with van der Waals surface area (Å²) in [5.74, 6) is 2.61. The zero-order valence-corrected chi connectivity index (χ0v) is 104. The van der Waals surface area contributed by atoms with E-state index in [-0.39, 0.29) is 86.8 Å². The Labute approximate surface area is 892 Å². The predicted molar refractivity (Wildman–Crippen MR) is 618 cm³/mol. The average Bonchev–Trinajstić information content (AvgIpc) is 1.19. The zero-order valence-electron chi connectivity index (χ0n) is 96.5. The number of nitrogens with zero attached hydrogens (tertiary/aromatic N) is 7. The SMILES string of the molecule is CC(C)(C)N(CCN1CCOCC1)S(C)(=O)=O.CC(C)(C)c1ccccc1.CC(C)CS(=O)(=O)Cc1ccccc1.CC(C)CS(=O)(=O)c1ccccc1.CC(C)CS(C)(=O)=O.CC(C)N(C)S(=O)(=O)Cc1ccccc1.CC(C)N(C)S(=O)(=O)c1ccccc1.CC(C)N(C)S(C)(=O)=O.CC(C)N1CCCS1(=O)=O.CC(C)c1ccc(C(C)(C)C)cc1.CCCN(C(C)(C)C)S(C)(=O)=O.Cc1ccc(C(C)(C)C)cc1. The minimum absolute atomic E-state index is 0.00119. The van der Waals surface area contributed by atoms with Crippen LogP contribution in [-0.4, -0.2) is 263 Å². The quantitative estimate of drug-likeness (QED) is 0.0461. The first-order chi connectivity index (χ1) is 66.1. The molecule has 0 N–H and O–H groups in total. The van der Waals surface area contributed by atoms with E-state index in [0.29, 0.717) is 52.3 Å². The van der Waals surface area contributed by atoms with Crippen molar-refractivity contribution in [3.63, 3.8) is 0 Å². The normalized spacial score (nSPS) is 14.1. The topological polar surface area (TPSA) is 339 Å². The van der Waals surface area contributed by atoms with Crippen molar-refractivity contribution in [1.29, 1.82) is 0 Å². The first-order valence-corrected chi connectivity index (χ1v) is 66.0. The van der Waals surface area contributed by atoms with Gasteiger partial charge in [-0.15, -0.1) is 0 Å². The second-order valence-corrected chi connectivity index (χ2v) is 62.9. The van der Waals surface area contributed by atoms with E-state index in [0.717, 1.165) is 56.8 Å². The number of aryl methyl sites for hydroxylation is 1. The molecule has 0 amide bonds. The molecule has 2 aliphatic heterocycles. The fraction of sp³-hybridized carbons (Fsp3) is 0.622. The van der Waals surface area contributed by atoms with Crippen LogP contribution >= 0.6 is 0 Å². The third-order valence-corrected chi connectivity index (χ3v) is 38.0. The summed E-state index contributed by atoms with van der Waals surface area (Å²) in [5, 5.41) is 0. The maximum Gasteiger partial charge on any atom is 0.243 e. The summed E-state index contributed by atoms with van der Waals surface area (Å²) >= 11 is 0. The van der Waals surface area contributed by atoms with Crippen molar-refractivity contribution < 1.29 is 80.5 Å². The van der Waals surface area contributed by atoms with Crippen molar-refractivity contribution >= 4 is 89.7 Å². The van der Waals surface area contributed by atoms with Crippen LogP contribution in [0.3, 0.4) is 0 Å². The van der Waals surface area contributed by atoms with Crippen molar-refractivity contribution in [2.45, 2.75) is 320 Å². The molecule has 26 nitrogen and oxygen atoms in total. The van der Waals surface area contributed by atoms with Gasteiger partial charge in [-0.25, -0.2) is 84.4 Å². The Morgan fingerprint density at radius 1 is 0.377 bits per heavy atom. The van der Waals surface area contributed by atoms with Gasteiger partial charge in [0, 0.05) is 102 Å². The van der Waals surface area contributed by atoms with Gasteiger partial charge >= 0.3 is 0 Å². The number of rotatable bonds is 27. The Kier molecular flexibility index (Phi) is 65.0. The molecule has 2 heterocycles. The summed E-state index contributed by atoms with van der Waals surface area (Å²) in [6.45, 7) is 72.4. The molecule has 0 aromatic heterocycles. The summed E-state index contributed by atoms with van der Waals surface area (Å²) in [6, 6.07) is 64.0. The van der Waals surface area contributed by atoms with Crippen LogP contribution in [0.1, 0.15) is 279 Å². The highest BCUT2D eigenvalue weighted by Crippen LogP contribution is 2.28. The molecule has 2 aliphatic rings. The van der Waals surface area contributed by atoms with Gasteiger partial charge in [-0.1, -0.05) is 306 Å². The minimum Gasteiger partial charge on any atom is -0.379 e. The second kappa shape index (κ2) is 66.0. The van der Waals surface area contributed by atoms with Crippen molar-refractivity contribution in [3.05, 3.63) is 239 Å². The molecule has 0 saturated carbocycles. The number of ether oxygens (including phenoxy) is 1. The van der Waals surface area contributed by atoms with Gasteiger partial charge in [-0.05, 0) is 214 Å². The van der Waals surface area contributed by atoms with E-state index >= 15 is 0 Å². The summed E-state index contributed by atoms with van der Waals surface area (Å²) in [7, 11) is -22.4. The number of benzene rings is 7. The highest BCUT2D eigenvalue weighted by atomic mass is 32.2. The molecule has 0 spiro atoms. The molecule has 0 radical (unpaired) electrons. The summed E-state index contributed by atoms with van der Waals surface area (Å²) in [4.78, 5) is 3.01. The molecule has 9 rings (SSSR count). The van der Waals surface area contributed by atoms with Crippen LogP contribution in [0.2, 0.25) is 0 Å². The number of morpholine rings is 1. The van der Waals surface area contributed by atoms with Gasteiger partial charge in [0.2, 0.25) is 60.1 Å². The smallest absolute Gasteiger partial charge is 0.243 e. The summed E-state index contributed by atoms with van der Waals surface area (Å²) in [6.07, 6.45) is 6.64. The van der Waals surface area contributed by atoms with Gasteiger partial charge in [0.15, 0.2) is 19.7 Å². The fourth-order valence-corrected chi connectivity index (χ4v) is 26.6. The Balaban J connectivity index is -0.00000154. The van der Waals surface area contributed by atoms with Crippen molar-refractivity contribution in [2.75, 3.05) is 122 Å². The number of hydrogen-bond donors (Lipinski definition) is 0. The molecular formula is C111H193N7O19S9. The number of sulfonamides is 6. The van der Waals surface area contributed by atoms with Crippen LogP contribution in [-0.2, 0) is 122 Å². The van der Waals surface area contributed by atoms with E-state index in [1.165, 1.54) is 70.1 Å². The third kappa shape index (κ3) is 64.6. The fourth-order valence-electron chi connectivity index (χ4n) is 13.6. The maximum atomic E-state index is 11.9. The first kappa shape index (κ1) is 144. The highest BCUT2D eigenvalue weighted by Gasteiger charge is 2.33. The molecule has 0 aliphatic carbocycles. The minimum atomic E-state index is -3.30. The second-order valence-electron chi connectivity index (χ2n) is 44.7. The lowest BCUT2D eigenvalue weighted by atomic mass is 9.86. The molecule has 0 atom stereocenters. The molecule has 840 valence electrons.